The van der Waals surface area contributed by atoms with Crippen molar-refractivity contribution in [2.24, 2.45) is 43.3 Å². The van der Waals surface area contributed by atoms with Crippen LogP contribution in [0.5, 0.6) is 0 Å². The van der Waals surface area contributed by atoms with Gasteiger partial charge in [-0.2, -0.15) is 0 Å². The van der Waals surface area contributed by atoms with Gasteiger partial charge in [-0.25, -0.2) is 0 Å². The molecule has 0 fully saturated rings. The Bertz CT molecular complexity index is 1520. The van der Waals surface area contributed by atoms with Crippen molar-refractivity contribution in [3.05, 3.63) is 0 Å². The second kappa shape index (κ2) is 17.3. The van der Waals surface area contributed by atoms with Crippen molar-refractivity contribution < 1.29 is 95.8 Å². The number of rotatable bonds is 20. The minimum atomic E-state index is -8.72. The molecule has 0 aromatic rings. The zero-order valence-electron chi connectivity index (χ0n) is 40.2. The van der Waals surface area contributed by atoms with E-state index in [1.165, 1.54) is 83.1 Å². The summed E-state index contributed by atoms with van der Waals surface area (Å²) >= 11 is -8.72. The number of Topliss-reactive ketones (excluding diaryl/α,β-unsaturated/α-hetero) is 8. The number of carbonyl (C=O) groups is 8. The molecule has 0 aromatic carbocycles. The minimum absolute atomic E-state index is 0.696. The fourth-order valence-electron chi connectivity index (χ4n) is 6.64. The Balaban J connectivity index is 9.68. The van der Waals surface area contributed by atoms with Gasteiger partial charge in [0.2, 0.25) is 0 Å². The average Bonchev–Trinajstić information content (AvgIpc) is 3.01. The van der Waals surface area contributed by atoms with Gasteiger partial charge in [0.05, 0.1) is 0 Å². The van der Waals surface area contributed by atoms with E-state index in [9.17, 15) is 79.2 Å². The quantitative estimate of drug-likeness (QED) is 0.0495. The molecule has 0 bridgehead atoms. The summed E-state index contributed by atoms with van der Waals surface area (Å²) < 4.78 is -18.5. The topological polar surface area (TPSA) is 298 Å². The maximum atomic E-state index is 14.4. The summed E-state index contributed by atoms with van der Waals surface area (Å²) in [4.78, 5) is 111. The molecule has 0 amide bonds. The number of ketones is 8. The fraction of sp³-hybridized carbons (Fsp3) is 0.818. The predicted octanol–water partition coefficient (Wildman–Crippen LogP) is 3.10. The average molecular weight is 909 g/mol. The number of hydrogen-bond acceptors (Lipinski definition) is 16. The van der Waals surface area contributed by atoms with Crippen LogP contribution >= 0.6 is 0 Å². The Morgan fingerprint density at radius 1 is 0.262 bits per heavy atom. The second-order valence-corrected chi connectivity index (χ2v) is 29.7. The molecule has 0 aliphatic rings. The summed E-state index contributed by atoms with van der Waals surface area (Å²) in [6.07, 6.45) is -4.60. The van der Waals surface area contributed by atoms with Crippen molar-refractivity contribution >= 4 is 46.3 Å². The third-order valence-corrected chi connectivity index (χ3v) is 23.4. The van der Waals surface area contributed by atoms with Crippen molar-refractivity contribution in [2.45, 2.75) is 181 Å². The predicted molar refractivity (Wildman–Crippen MR) is 220 cm³/mol. The van der Waals surface area contributed by atoms with E-state index < -0.39 is 148 Å². The molecule has 8 N–H and O–H groups in total. The van der Waals surface area contributed by atoms with Crippen LogP contribution in [0.25, 0.3) is 0 Å². The second-order valence-electron chi connectivity index (χ2n) is 23.0. The van der Waals surface area contributed by atoms with E-state index in [4.69, 9.17) is 0 Å². The molecule has 0 atom stereocenters. The Kier molecular flexibility index (Phi) is 16.6. The van der Waals surface area contributed by atoms with E-state index in [2.05, 4.69) is 0 Å². The van der Waals surface area contributed by atoms with Gasteiger partial charge >= 0.3 is 366 Å². The first-order chi connectivity index (χ1) is 26.2. The first-order valence-electron chi connectivity index (χ1n) is 20.3. The number of aliphatic hydroxyl groups is 8. The Hall–Kier alpha value is -2.25. The monoisotopic (exact) mass is 908 g/mol. The molecule has 0 saturated heterocycles. The van der Waals surface area contributed by atoms with Gasteiger partial charge in [0.15, 0.2) is 0 Å². The molecule has 0 heterocycles. The molecule has 0 radical (unpaired) electrons. The molecule has 0 saturated carbocycles. The van der Waals surface area contributed by atoms with Crippen molar-refractivity contribution in [3.8, 4) is 0 Å². The number of carbonyl (C=O) groups excluding carboxylic acids is 8. The first kappa shape index (κ1) is 58.8. The molecular formula is C44H76O16Ti. The fourth-order valence-corrected chi connectivity index (χ4v) is 17.9. The van der Waals surface area contributed by atoms with Gasteiger partial charge in [-0.05, 0) is 0 Å². The summed E-state index contributed by atoms with van der Waals surface area (Å²) in [6.45, 7) is 22.6. The van der Waals surface area contributed by atoms with Crippen LogP contribution in [0, 0.1) is 43.3 Å². The molecule has 0 aliphatic carbocycles. The Morgan fingerprint density at radius 3 is 0.475 bits per heavy atom. The van der Waals surface area contributed by atoms with E-state index in [1.54, 1.807) is 0 Å². The standard InChI is InChI=1S/4C11H19O4.Ti/c4*1-10(2,3)7(12)6-8(13)11(4,5)9(14)15;/h4*14-15H,6H2,1-5H3;. The van der Waals surface area contributed by atoms with Crippen molar-refractivity contribution in [1.29, 1.82) is 0 Å². The molecule has 0 aromatic heterocycles. The Morgan fingerprint density at radius 2 is 0.377 bits per heavy atom. The van der Waals surface area contributed by atoms with Gasteiger partial charge in [0.1, 0.15) is 0 Å². The maximum absolute atomic E-state index is 14.4. The van der Waals surface area contributed by atoms with Crippen LogP contribution in [0.4, 0.5) is 0 Å². The van der Waals surface area contributed by atoms with E-state index in [-0.39, 0.29) is 0 Å². The van der Waals surface area contributed by atoms with E-state index >= 15 is 0 Å². The van der Waals surface area contributed by atoms with Crippen LogP contribution in [0.2, 0.25) is 0 Å². The van der Waals surface area contributed by atoms with Crippen LogP contribution in [0.3, 0.4) is 0 Å². The molecule has 0 unspecified atom stereocenters. The summed E-state index contributed by atoms with van der Waals surface area (Å²) in [5.74, 6) is -9.10. The van der Waals surface area contributed by atoms with Gasteiger partial charge in [-0.15, -0.1) is 0 Å². The summed E-state index contributed by atoms with van der Waals surface area (Å²) in [7, 11) is 0. The number of hydrogen-bond donors (Lipinski definition) is 8. The van der Waals surface area contributed by atoms with Crippen molar-refractivity contribution in [1.82, 2.24) is 0 Å². The third kappa shape index (κ3) is 10.0. The SMILES string of the molecule is CC(C)(C)C(=O)CC(=O)C(C)(C)[C](O)(O)[Ti]([C](O)(O)C(C)(C)C(=O)CC(=O)C(C)(C)C)([C](O)(O)C(C)(C)C(=O)CC(=O)C(C)(C)C)[C](O)(O)C(C)(C)C(=O)CC(=O)C(C)(C)C. The van der Waals surface area contributed by atoms with Crippen LogP contribution in [0.15, 0.2) is 0 Å². The van der Waals surface area contributed by atoms with E-state index in [0.717, 1.165) is 0 Å². The van der Waals surface area contributed by atoms with E-state index in [0.29, 0.717) is 55.4 Å². The molecule has 61 heavy (non-hydrogen) atoms. The summed E-state index contributed by atoms with van der Waals surface area (Å²) in [6, 6.07) is 0. The third-order valence-electron chi connectivity index (χ3n) is 13.0. The van der Waals surface area contributed by atoms with Crippen LogP contribution in [-0.4, -0.2) is 103 Å². The van der Waals surface area contributed by atoms with Gasteiger partial charge in [0, 0.05) is 0 Å². The molecule has 17 heteroatoms. The Labute approximate surface area is 364 Å². The van der Waals surface area contributed by atoms with Gasteiger partial charge < -0.3 is 0 Å². The molecule has 0 spiro atoms. The van der Waals surface area contributed by atoms with Gasteiger partial charge in [-0.1, -0.05) is 0 Å². The van der Waals surface area contributed by atoms with Crippen molar-refractivity contribution in [2.75, 3.05) is 0 Å². The molecule has 0 rings (SSSR count). The molecule has 16 nitrogen and oxygen atoms in total. The van der Waals surface area contributed by atoms with Gasteiger partial charge in [0.25, 0.3) is 0 Å². The van der Waals surface area contributed by atoms with E-state index in [1.807, 2.05) is 0 Å². The normalized spacial score (nSPS) is 15.0. The molecule has 0 aliphatic heterocycles. The van der Waals surface area contributed by atoms with Crippen LogP contribution < -0.4 is 0 Å². The van der Waals surface area contributed by atoms with Crippen LogP contribution in [-0.2, 0) is 54.9 Å². The zero-order chi connectivity index (χ0) is 49.9. The summed E-state index contributed by atoms with van der Waals surface area (Å²) in [5, 5.41) is 104. The summed E-state index contributed by atoms with van der Waals surface area (Å²) in [5.41, 5.74) is -17.7. The van der Waals surface area contributed by atoms with Crippen molar-refractivity contribution in [3.63, 3.8) is 0 Å². The molecule has 352 valence electrons. The zero-order valence-corrected chi connectivity index (χ0v) is 41.7. The van der Waals surface area contributed by atoms with Crippen LogP contribution in [0.1, 0.15) is 164 Å². The van der Waals surface area contributed by atoms with Gasteiger partial charge in [-0.3, -0.25) is 0 Å². The molecular weight excluding hydrogens is 832 g/mol. The first-order valence-corrected chi connectivity index (χ1v) is 23.4.